The summed E-state index contributed by atoms with van der Waals surface area (Å²) in [5.41, 5.74) is 0.138. The zero-order valence-corrected chi connectivity index (χ0v) is 17.6. The van der Waals surface area contributed by atoms with Gasteiger partial charge in [0.15, 0.2) is 0 Å². The summed E-state index contributed by atoms with van der Waals surface area (Å²) in [4.78, 5) is 16.4. The highest BCUT2D eigenvalue weighted by Gasteiger charge is 2.26. The minimum atomic E-state index is -3.56. The highest BCUT2D eigenvalue weighted by atomic mass is 32.2. The smallest absolute Gasteiger partial charge is 0.387 e. The second-order valence-electron chi connectivity index (χ2n) is 6.51. The quantitative estimate of drug-likeness (QED) is 0.610. The van der Waals surface area contributed by atoms with E-state index in [-0.39, 0.29) is 22.1 Å². The van der Waals surface area contributed by atoms with E-state index < -0.39 is 22.5 Å². The molecule has 0 unspecified atom stereocenters. The normalized spacial score (nSPS) is 15.2. The number of sulfonamides is 1. The molecule has 0 aliphatic carbocycles. The van der Waals surface area contributed by atoms with E-state index in [2.05, 4.69) is 15.0 Å². The summed E-state index contributed by atoms with van der Waals surface area (Å²) in [5.74, 6) is -0.595. The van der Waals surface area contributed by atoms with E-state index in [0.717, 1.165) is 31.0 Å². The third kappa shape index (κ3) is 5.89. The van der Waals surface area contributed by atoms with Crippen molar-refractivity contribution in [1.82, 2.24) is 9.29 Å². The highest BCUT2D eigenvalue weighted by molar-refractivity contribution is 7.99. The fraction of sp³-hybridized carbons (Fsp3) is 0.368. The number of anilines is 1. The van der Waals surface area contributed by atoms with Crippen molar-refractivity contribution in [3.8, 4) is 5.75 Å². The van der Waals surface area contributed by atoms with E-state index in [1.165, 1.54) is 34.8 Å². The third-order valence-corrected chi connectivity index (χ3v) is 7.22. The number of alkyl halides is 2. The van der Waals surface area contributed by atoms with Crippen LogP contribution in [0.3, 0.4) is 0 Å². The Morgan fingerprint density at radius 1 is 1.17 bits per heavy atom. The third-order valence-electron chi connectivity index (χ3n) is 4.39. The molecule has 1 aliphatic rings. The Kier molecular flexibility index (Phi) is 7.62. The summed E-state index contributed by atoms with van der Waals surface area (Å²) in [6.07, 6.45) is 4.01. The van der Waals surface area contributed by atoms with Crippen molar-refractivity contribution >= 4 is 33.4 Å². The Morgan fingerprint density at radius 2 is 1.90 bits per heavy atom. The Labute approximate surface area is 177 Å². The van der Waals surface area contributed by atoms with Crippen molar-refractivity contribution in [2.75, 3.05) is 24.2 Å². The predicted molar refractivity (Wildman–Crippen MR) is 109 cm³/mol. The number of amides is 1. The van der Waals surface area contributed by atoms with Crippen molar-refractivity contribution in [2.45, 2.75) is 35.8 Å². The van der Waals surface area contributed by atoms with Gasteiger partial charge in [0, 0.05) is 19.3 Å². The molecule has 162 valence electrons. The van der Waals surface area contributed by atoms with Crippen molar-refractivity contribution in [3.63, 3.8) is 0 Å². The number of halogens is 2. The van der Waals surface area contributed by atoms with Gasteiger partial charge >= 0.3 is 6.61 Å². The van der Waals surface area contributed by atoms with E-state index in [1.807, 2.05) is 0 Å². The molecule has 1 aromatic carbocycles. The molecule has 1 saturated heterocycles. The Balaban J connectivity index is 1.57. The number of nitrogens with one attached hydrogen (secondary N) is 1. The van der Waals surface area contributed by atoms with Crippen LogP contribution in [0.4, 0.5) is 14.5 Å². The maximum Gasteiger partial charge on any atom is 0.387 e. The first-order chi connectivity index (χ1) is 14.4. The van der Waals surface area contributed by atoms with Gasteiger partial charge in [-0.3, -0.25) is 4.79 Å². The second kappa shape index (κ2) is 10.2. The molecule has 30 heavy (non-hydrogen) atoms. The fourth-order valence-corrected chi connectivity index (χ4v) is 5.06. The van der Waals surface area contributed by atoms with Crippen LogP contribution < -0.4 is 10.1 Å². The Bertz CT molecular complexity index is 966. The maximum atomic E-state index is 12.6. The monoisotopic (exact) mass is 457 g/mol. The molecular weight excluding hydrogens is 436 g/mol. The maximum absolute atomic E-state index is 12.6. The lowest BCUT2D eigenvalue weighted by Gasteiger charge is -2.25. The first kappa shape index (κ1) is 22.4. The predicted octanol–water partition coefficient (Wildman–Crippen LogP) is 3.59. The molecule has 1 fully saturated rings. The number of nitrogens with zero attached hydrogens (tertiary/aromatic N) is 2. The molecule has 1 aliphatic heterocycles. The highest BCUT2D eigenvalue weighted by Crippen LogP contribution is 2.26. The number of hydrogen-bond acceptors (Lipinski definition) is 6. The van der Waals surface area contributed by atoms with Crippen LogP contribution in [0, 0.1) is 0 Å². The first-order valence-electron chi connectivity index (χ1n) is 9.29. The molecule has 3 rings (SSSR count). The van der Waals surface area contributed by atoms with Gasteiger partial charge in [0.1, 0.15) is 10.6 Å². The van der Waals surface area contributed by atoms with Crippen LogP contribution in [0.1, 0.15) is 19.3 Å². The van der Waals surface area contributed by atoms with Crippen LogP contribution in [0.2, 0.25) is 0 Å². The van der Waals surface area contributed by atoms with Gasteiger partial charge in [-0.2, -0.15) is 13.1 Å². The molecule has 1 amide bonds. The number of para-hydroxylation sites is 2. The molecule has 0 bridgehead atoms. The Hall–Kier alpha value is -2.24. The van der Waals surface area contributed by atoms with Crippen LogP contribution in [0.25, 0.3) is 0 Å². The molecule has 0 atom stereocenters. The van der Waals surface area contributed by atoms with Gasteiger partial charge in [-0.25, -0.2) is 13.4 Å². The first-order valence-corrected chi connectivity index (χ1v) is 11.7. The van der Waals surface area contributed by atoms with Crippen molar-refractivity contribution in [1.29, 1.82) is 0 Å². The molecule has 0 spiro atoms. The average molecular weight is 458 g/mol. The van der Waals surface area contributed by atoms with Gasteiger partial charge in [-0.1, -0.05) is 30.3 Å². The second-order valence-corrected chi connectivity index (χ2v) is 9.44. The molecule has 1 N–H and O–H groups in total. The SMILES string of the molecule is O=C(CSc1ccc(S(=O)(=O)N2CCCCC2)cn1)Nc1ccccc1OC(F)F. The van der Waals surface area contributed by atoms with Crippen molar-refractivity contribution < 1.29 is 26.7 Å². The summed E-state index contributed by atoms with van der Waals surface area (Å²) in [5, 5.41) is 2.99. The molecule has 2 aromatic rings. The minimum Gasteiger partial charge on any atom is -0.433 e. The van der Waals surface area contributed by atoms with Crippen LogP contribution >= 0.6 is 11.8 Å². The molecule has 0 saturated carbocycles. The number of rotatable bonds is 8. The lowest BCUT2D eigenvalue weighted by atomic mass is 10.2. The summed E-state index contributed by atoms with van der Waals surface area (Å²) >= 11 is 1.10. The van der Waals surface area contributed by atoms with Crippen LogP contribution in [0.5, 0.6) is 5.75 Å². The number of benzene rings is 1. The van der Waals surface area contributed by atoms with E-state index >= 15 is 0 Å². The summed E-state index contributed by atoms with van der Waals surface area (Å²) < 4.78 is 56.0. The number of thioether (sulfide) groups is 1. The van der Waals surface area contributed by atoms with Gasteiger partial charge in [0.05, 0.1) is 16.5 Å². The molecule has 0 radical (unpaired) electrons. The van der Waals surface area contributed by atoms with Crippen molar-refractivity contribution in [2.24, 2.45) is 0 Å². The summed E-state index contributed by atoms with van der Waals surface area (Å²) in [6.45, 7) is -1.98. The Morgan fingerprint density at radius 3 is 2.57 bits per heavy atom. The van der Waals surface area contributed by atoms with Gasteiger partial charge in [0.2, 0.25) is 15.9 Å². The fourth-order valence-electron chi connectivity index (χ4n) is 2.95. The van der Waals surface area contributed by atoms with Crippen LogP contribution in [0.15, 0.2) is 52.5 Å². The molecule has 7 nitrogen and oxygen atoms in total. The number of ether oxygens (including phenoxy) is 1. The molecule has 1 aromatic heterocycles. The standard InChI is InChI=1S/C19H21F2N3O4S2/c20-19(21)28-16-7-3-2-6-15(16)23-17(25)13-29-18-9-8-14(12-22-18)30(26,27)24-10-4-1-5-11-24/h2-3,6-9,12,19H,1,4-5,10-11,13H2,(H,23,25). The lowest BCUT2D eigenvalue weighted by molar-refractivity contribution is -0.113. The average Bonchev–Trinajstić information content (AvgIpc) is 2.74. The molecular formula is C19H21F2N3O4S2. The topological polar surface area (TPSA) is 88.6 Å². The van der Waals surface area contributed by atoms with Crippen LogP contribution in [-0.2, 0) is 14.8 Å². The minimum absolute atomic E-state index is 0.0335. The van der Waals surface area contributed by atoms with E-state index in [1.54, 1.807) is 12.1 Å². The van der Waals surface area contributed by atoms with Gasteiger partial charge in [-0.15, -0.1) is 0 Å². The number of carbonyl (C=O) groups is 1. The molecule has 2 heterocycles. The molecule has 11 heteroatoms. The summed E-state index contributed by atoms with van der Waals surface area (Å²) in [6, 6.07) is 8.91. The number of carbonyl (C=O) groups excluding carboxylic acids is 1. The van der Waals surface area contributed by atoms with E-state index in [4.69, 9.17) is 0 Å². The largest absolute Gasteiger partial charge is 0.433 e. The van der Waals surface area contributed by atoms with Gasteiger partial charge < -0.3 is 10.1 Å². The number of pyridine rings is 1. The van der Waals surface area contributed by atoms with E-state index in [9.17, 15) is 22.0 Å². The number of hydrogen-bond donors (Lipinski definition) is 1. The summed E-state index contributed by atoms with van der Waals surface area (Å²) in [7, 11) is -3.56. The van der Waals surface area contributed by atoms with Crippen molar-refractivity contribution in [3.05, 3.63) is 42.6 Å². The van der Waals surface area contributed by atoms with Gasteiger partial charge in [0.25, 0.3) is 0 Å². The number of piperidine rings is 1. The number of aromatic nitrogens is 1. The lowest BCUT2D eigenvalue weighted by Crippen LogP contribution is -2.35. The van der Waals surface area contributed by atoms with Crippen LogP contribution in [-0.4, -0.2) is 49.1 Å². The zero-order valence-electron chi connectivity index (χ0n) is 16.0. The van der Waals surface area contributed by atoms with Gasteiger partial charge in [-0.05, 0) is 37.1 Å². The van der Waals surface area contributed by atoms with E-state index in [0.29, 0.717) is 18.1 Å². The zero-order chi connectivity index (χ0) is 21.6.